The van der Waals surface area contributed by atoms with E-state index in [1.807, 2.05) is 30.3 Å². The first-order chi connectivity index (χ1) is 12.7. The summed E-state index contributed by atoms with van der Waals surface area (Å²) in [4.78, 5) is 27.2. The number of esters is 1. The van der Waals surface area contributed by atoms with E-state index in [1.165, 1.54) is 16.2 Å². The second kappa shape index (κ2) is 9.24. The highest BCUT2D eigenvalue weighted by molar-refractivity contribution is 7.99. The summed E-state index contributed by atoms with van der Waals surface area (Å²) in [5.74, 6) is 0.328. The summed E-state index contributed by atoms with van der Waals surface area (Å²) in [6.45, 7) is 2.14. The molecule has 0 bridgehead atoms. The zero-order chi connectivity index (χ0) is 18.4. The van der Waals surface area contributed by atoms with E-state index >= 15 is 0 Å². The van der Waals surface area contributed by atoms with Gasteiger partial charge in [0.05, 0.1) is 12.2 Å². The molecule has 0 spiro atoms. The molecule has 1 aromatic heterocycles. The van der Waals surface area contributed by atoms with Gasteiger partial charge in [-0.05, 0) is 50.3 Å². The number of thiophene rings is 1. The van der Waals surface area contributed by atoms with Gasteiger partial charge in [0.15, 0.2) is 0 Å². The van der Waals surface area contributed by atoms with Crippen molar-refractivity contribution in [3.05, 3.63) is 46.3 Å². The van der Waals surface area contributed by atoms with Crippen LogP contribution in [0.5, 0.6) is 0 Å². The molecule has 3 rings (SSSR count). The van der Waals surface area contributed by atoms with Gasteiger partial charge in [-0.2, -0.15) is 0 Å². The second-order valence-electron chi connectivity index (χ2n) is 6.10. The van der Waals surface area contributed by atoms with Crippen LogP contribution in [0.2, 0.25) is 0 Å². The SMILES string of the molecule is CCOC(=O)c1c(NC(=O)CCSc2ccccc2)sc2c1CCCC2. The first-order valence-corrected chi connectivity index (χ1v) is 10.8. The number of ether oxygens (including phenoxy) is 1. The number of hydrogen-bond donors (Lipinski definition) is 1. The summed E-state index contributed by atoms with van der Waals surface area (Å²) >= 11 is 3.19. The number of benzene rings is 1. The van der Waals surface area contributed by atoms with Gasteiger partial charge in [0.1, 0.15) is 5.00 Å². The Bertz CT molecular complexity index is 771. The minimum Gasteiger partial charge on any atom is -0.462 e. The number of thioether (sulfide) groups is 1. The van der Waals surface area contributed by atoms with Crippen molar-refractivity contribution in [1.29, 1.82) is 0 Å². The number of rotatable bonds is 7. The number of carbonyl (C=O) groups is 2. The van der Waals surface area contributed by atoms with Gasteiger partial charge >= 0.3 is 5.97 Å². The van der Waals surface area contributed by atoms with Crippen LogP contribution in [-0.2, 0) is 22.4 Å². The average molecular weight is 390 g/mol. The fourth-order valence-electron chi connectivity index (χ4n) is 3.04. The van der Waals surface area contributed by atoms with Crippen LogP contribution in [0.1, 0.15) is 47.0 Å². The highest BCUT2D eigenvalue weighted by atomic mass is 32.2. The van der Waals surface area contributed by atoms with E-state index in [1.54, 1.807) is 18.7 Å². The van der Waals surface area contributed by atoms with Crippen LogP contribution in [0.4, 0.5) is 5.00 Å². The van der Waals surface area contributed by atoms with Gasteiger partial charge in [-0.3, -0.25) is 4.79 Å². The Kier molecular flexibility index (Phi) is 6.74. The van der Waals surface area contributed by atoms with E-state index in [0.29, 0.717) is 29.3 Å². The molecule has 1 aliphatic carbocycles. The van der Waals surface area contributed by atoms with E-state index in [0.717, 1.165) is 36.1 Å². The van der Waals surface area contributed by atoms with E-state index in [4.69, 9.17) is 4.74 Å². The van der Waals surface area contributed by atoms with Crippen molar-refractivity contribution in [2.45, 2.75) is 43.9 Å². The summed E-state index contributed by atoms with van der Waals surface area (Å²) in [5.41, 5.74) is 1.66. The lowest BCUT2D eigenvalue weighted by Crippen LogP contribution is -2.16. The normalized spacial score (nSPS) is 13.1. The third-order valence-electron chi connectivity index (χ3n) is 4.24. The molecule has 1 N–H and O–H groups in total. The topological polar surface area (TPSA) is 55.4 Å². The molecule has 1 aliphatic rings. The van der Waals surface area contributed by atoms with Crippen LogP contribution < -0.4 is 5.32 Å². The molecule has 0 saturated carbocycles. The van der Waals surface area contributed by atoms with E-state index < -0.39 is 0 Å². The molecular weight excluding hydrogens is 366 g/mol. The number of amides is 1. The van der Waals surface area contributed by atoms with Gasteiger partial charge in [-0.25, -0.2) is 4.79 Å². The number of anilines is 1. The summed E-state index contributed by atoms with van der Waals surface area (Å²) in [7, 11) is 0. The van der Waals surface area contributed by atoms with E-state index in [-0.39, 0.29) is 11.9 Å². The summed E-state index contributed by atoms with van der Waals surface area (Å²) in [5, 5.41) is 3.62. The lowest BCUT2D eigenvalue weighted by molar-refractivity contribution is -0.115. The smallest absolute Gasteiger partial charge is 0.341 e. The zero-order valence-electron chi connectivity index (χ0n) is 14.9. The molecule has 0 fully saturated rings. The first kappa shape index (κ1) is 19.0. The molecule has 6 heteroatoms. The standard InChI is InChI=1S/C20H23NO3S2/c1-2-24-20(23)18-15-10-6-7-11-16(15)26-19(18)21-17(22)12-13-25-14-8-4-3-5-9-14/h3-5,8-9H,2,6-7,10-13H2,1H3,(H,21,22). The Labute approximate surface area is 162 Å². The van der Waals surface area contributed by atoms with Crippen LogP contribution in [0.3, 0.4) is 0 Å². The Morgan fingerprint density at radius 2 is 1.96 bits per heavy atom. The number of hydrogen-bond acceptors (Lipinski definition) is 5. The Morgan fingerprint density at radius 1 is 1.19 bits per heavy atom. The molecule has 2 aromatic rings. The Balaban J connectivity index is 1.65. The van der Waals surface area contributed by atoms with Crippen molar-refractivity contribution in [3.63, 3.8) is 0 Å². The lowest BCUT2D eigenvalue weighted by Gasteiger charge is -2.12. The highest BCUT2D eigenvalue weighted by Gasteiger charge is 2.27. The van der Waals surface area contributed by atoms with Crippen LogP contribution in [0.15, 0.2) is 35.2 Å². The van der Waals surface area contributed by atoms with Crippen LogP contribution in [-0.4, -0.2) is 24.2 Å². The van der Waals surface area contributed by atoms with Gasteiger partial charge in [0, 0.05) is 21.9 Å². The maximum atomic E-state index is 12.4. The lowest BCUT2D eigenvalue weighted by atomic mass is 9.95. The minimum absolute atomic E-state index is 0.0578. The minimum atomic E-state index is -0.319. The number of nitrogens with one attached hydrogen (secondary N) is 1. The first-order valence-electron chi connectivity index (χ1n) is 8.98. The van der Waals surface area contributed by atoms with Crippen LogP contribution in [0.25, 0.3) is 0 Å². The Hall–Kier alpha value is -1.79. The predicted octanol–water partition coefficient (Wildman–Crippen LogP) is 4.92. The molecule has 1 amide bonds. The van der Waals surface area contributed by atoms with Gasteiger partial charge in [-0.15, -0.1) is 23.1 Å². The van der Waals surface area contributed by atoms with Gasteiger partial charge < -0.3 is 10.1 Å². The maximum absolute atomic E-state index is 12.4. The van der Waals surface area contributed by atoms with Crippen molar-refractivity contribution >= 4 is 40.0 Å². The molecule has 1 aromatic carbocycles. The maximum Gasteiger partial charge on any atom is 0.341 e. The molecule has 4 nitrogen and oxygen atoms in total. The number of carbonyl (C=O) groups excluding carboxylic acids is 2. The summed E-state index contributed by atoms with van der Waals surface area (Å²) in [6.07, 6.45) is 4.49. The molecule has 138 valence electrons. The van der Waals surface area contributed by atoms with Crippen molar-refractivity contribution in [2.24, 2.45) is 0 Å². The predicted molar refractivity (Wildman–Crippen MR) is 107 cm³/mol. The average Bonchev–Trinajstić information content (AvgIpc) is 3.00. The van der Waals surface area contributed by atoms with Crippen molar-refractivity contribution in [3.8, 4) is 0 Å². The largest absolute Gasteiger partial charge is 0.462 e. The van der Waals surface area contributed by atoms with Gasteiger partial charge in [0.25, 0.3) is 0 Å². The summed E-state index contributed by atoms with van der Waals surface area (Å²) in [6, 6.07) is 10.0. The van der Waals surface area contributed by atoms with E-state index in [2.05, 4.69) is 5.32 Å². The van der Waals surface area contributed by atoms with Gasteiger partial charge in [-0.1, -0.05) is 18.2 Å². The molecule has 0 unspecified atom stereocenters. The molecular formula is C20H23NO3S2. The Morgan fingerprint density at radius 3 is 2.73 bits per heavy atom. The number of fused-ring (bicyclic) bond motifs is 1. The van der Waals surface area contributed by atoms with E-state index in [9.17, 15) is 9.59 Å². The third kappa shape index (κ3) is 4.68. The summed E-state index contributed by atoms with van der Waals surface area (Å²) < 4.78 is 5.23. The molecule has 1 heterocycles. The fraction of sp³-hybridized carbons (Fsp3) is 0.400. The van der Waals surface area contributed by atoms with Crippen molar-refractivity contribution in [2.75, 3.05) is 17.7 Å². The third-order valence-corrected chi connectivity index (χ3v) is 6.47. The van der Waals surface area contributed by atoms with Crippen molar-refractivity contribution < 1.29 is 14.3 Å². The van der Waals surface area contributed by atoms with Crippen LogP contribution in [0, 0.1) is 0 Å². The van der Waals surface area contributed by atoms with Crippen LogP contribution >= 0.6 is 23.1 Å². The highest BCUT2D eigenvalue weighted by Crippen LogP contribution is 2.38. The van der Waals surface area contributed by atoms with Crippen molar-refractivity contribution in [1.82, 2.24) is 0 Å². The molecule has 0 atom stereocenters. The quantitative estimate of drug-likeness (QED) is 0.539. The second-order valence-corrected chi connectivity index (χ2v) is 8.37. The molecule has 26 heavy (non-hydrogen) atoms. The van der Waals surface area contributed by atoms with Gasteiger partial charge in [0.2, 0.25) is 5.91 Å². The number of aryl methyl sites for hydroxylation is 1. The molecule has 0 radical (unpaired) electrons. The molecule has 0 saturated heterocycles. The zero-order valence-corrected chi connectivity index (χ0v) is 16.5. The fourth-order valence-corrected chi connectivity index (χ4v) is 5.21. The molecule has 0 aliphatic heterocycles. The monoisotopic (exact) mass is 389 g/mol.